The highest BCUT2D eigenvalue weighted by molar-refractivity contribution is 7.10. The molecule has 1 heterocycles. The number of carbonyl (C=O) groups is 1. The van der Waals surface area contributed by atoms with Crippen LogP contribution in [0.5, 0.6) is 0 Å². The highest BCUT2D eigenvalue weighted by atomic mass is 32.1. The van der Waals surface area contributed by atoms with E-state index in [1.54, 1.807) is 18.3 Å². The second-order valence-electron chi connectivity index (χ2n) is 3.53. The van der Waals surface area contributed by atoms with Crippen LogP contribution in [0.4, 0.5) is 0 Å². The Morgan fingerprint density at radius 2 is 2.21 bits per heavy atom. The molecule has 1 aromatic heterocycles. The SMILES string of the molecule is C=C(C)C(=O)C(c1cccs1)N(C)C. The number of nitrogens with zero attached hydrogens (tertiary/aromatic N) is 1. The molecule has 0 spiro atoms. The molecule has 0 saturated heterocycles. The molecule has 14 heavy (non-hydrogen) atoms. The average Bonchev–Trinajstić information content (AvgIpc) is 2.56. The molecule has 0 aliphatic rings. The molecule has 1 aromatic rings. The van der Waals surface area contributed by atoms with Gasteiger partial charge in [-0.1, -0.05) is 12.6 Å². The molecule has 0 aromatic carbocycles. The lowest BCUT2D eigenvalue weighted by atomic mass is 10.1. The summed E-state index contributed by atoms with van der Waals surface area (Å²) in [4.78, 5) is 14.8. The summed E-state index contributed by atoms with van der Waals surface area (Å²) in [5.74, 6) is 0.0949. The highest BCUT2D eigenvalue weighted by Gasteiger charge is 2.23. The molecule has 2 nitrogen and oxygen atoms in total. The minimum Gasteiger partial charge on any atom is -0.295 e. The summed E-state index contributed by atoms with van der Waals surface area (Å²) in [7, 11) is 3.82. The Bertz CT molecular complexity index is 327. The van der Waals surface area contributed by atoms with E-state index in [0.717, 1.165) is 4.88 Å². The standard InChI is InChI=1S/C11H15NOS/c1-8(2)11(13)10(12(3)4)9-6-5-7-14-9/h5-7,10H,1H2,2-4H3. The van der Waals surface area contributed by atoms with E-state index in [1.807, 2.05) is 36.5 Å². The van der Waals surface area contributed by atoms with E-state index in [2.05, 4.69) is 6.58 Å². The smallest absolute Gasteiger partial charge is 0.180 e. The van der Waals surface area contributed by atoms with Crippen LogP contribution in [-0.2, 0) is 4.79 Å². The highest BCUT2D eigenvalue weighted by Crippen LogP contribution is 2.25. The zero-order valence-electron chi connectivity index (χ0n) is 8.78. The molecular weight excluding hydrogens is 194 g/mol. The third-order valence-electron chi connectivity index (χ3n) is 2.00. The number of thiophene rings is 1. The molecule has 0 amide bonds. The van der Waals surface area contributed by atoms with Crippen molar-refractivity contribution in [1.29, 1.82) is 0 Å². The maximum atomic E-state index is 11.8. The normalized spacial score (nSPS) is 12.9. The number of rotatable bonds is 4. The summed E-state index contributed by atoms with van der Waals surface area (Å²) in [6.45, 7) is 5.45. The summed E-state index contributed by atoms with van der Waals surface area (Å²) in [5.41, 5.74) is 0.608. The van der Waals surface area contributed by atoms with Crippen LogP contribution in [0.3, 0.4) is 0 Å². The summed E-state index contributed by atoms with van der Waals surface area (Å²) in [5, 5.41) is 1.98. The van der Waals surface area contributed by atoms with Crippen molar-refractivity contribution in [2.75, 3.05) is 14.1 Å². The molecule has 0 N–H and O–H groups in total. The van der Waals surface area contributed by atoms with E-state index in [0.29, 0.717) is 5.57 Å². The van der Waals surface area contributed by atoms with E-state index in [1.165, 1.54) is 0 Å². The van der Waals surface area contributed by atoms with Crippen molar-refractivity contribution >= 4 is 17.1 Å². The lowest BCUT2D eigenvalue weighted by Crippen LogP contribution is -2.27. The van der Waals surface area contributed by atoms with Crippen LogP contribution >= 0.6 is 11.3 Å². The molecule has 0 bridgehead atoms. The monoisotopic (exact) mass is 209 g/mol. The van der Waals surface area contributed by atoms with Gasteiger partial charge in [-0.25, -0.2) is 0 Å². The quantitative estimate of drug-likeness (QED) is 0.710. The molecule has 76 valence electrons. The van der Waals surface area contributed by atoms with Crippen LogP contribution in [0.1, 0.15) is 17.8 Å². The van der Waals surface area contributed by atoms with E-state index in [4.69, 9.17) is 0 Å². The fourth-order valence-corrected chi connectivity index (χ4v) is 2.22. The molecule has 0 aliphatic carbocycles. The van der Waals surface area contributed by atoms with Gasteiger partial charge in [0.25, 0.3) is 0 Å². The molecule has 0 radical (unpaired) electrons. The fourth-order valence-electron chi connectivity index (χ4n) is 1.30. The van der Waals surface area contributed by atoms with Crippen LogP contribution in [0.25, 0.3) is 0 Å². The van der Waals surface area contributed by atoms with Gasteiger partial charge in [-0.05, 0) is 38.0 Å². The van der Waals surface area contributed by atoms with Crippen LogP contribution in [0.2, 0.25) is 0 Å². The van der Waals surface area contributed by atoms with Gasteiger partial charge in [-0.2, -0.15) is 0 Å². The minimum atomic E-state index is -0.174. The van der Waals surface area contributed by atoms with Crippen LogP contribution in [0.15, 0.2) is 29.7 Å². The lowest BCUT2D eigenvalue weighted by molar-refractivity contribution is -0.119. The van der Waals surface area contributed by atoms with Gasteiger partial charge < -0.3 is 0 Å². The van der Waals surface area contributed by atoms with E-state index in [-0.39, 0.29) is 11.8 Å². The fraction of sp³-hybridized carbons (Fsp3) is 0.364. The van der Waals surface area contributed by atoms with E-state index < -0.39 is 0 Å². The van der Waals surface area contributed by atoms with Crippen molar-refractivity contribution in [3.63, 3.8) is 0 Å². The van der Waals surface area contributed by atoms with Gasteiger partial charge in [0.1, 0.15) is 6.04 Å². The van der Waals surface area contributed by atoms with Gasteiger partial charge in [-0.15, -0.1) is 11.3 Å². The number of hydrogen-bond donors (Lipinski definition) is 0. The summed E-state index contributed by atoms with van der Waals surface area (Å²) in [6, 6.07) is 3.77. The number of ketones is 1. The third kappa shape index (κ3) is 2.30. The average molecular weight is 209 g/mol. The van der Waals surface area contributed by atoms with Crippen LogP contribution in [-0.4, -0.2) is 24.8 Å². The van der Waals surface area contributed by atoms with Crippen molar-refractivity contribution in [1.82, 2.24) is 4.90 Å². The van der Waals surface area contributed by atoms with Crippen molar-refractivity contribution in [2.45, 2.75) is 13.0 Å². The molecular formula is C11H15NOS. The van der Waals surface area contributed by atoms with Crippen LogP contribution in [0, 0.1) is 0 Å². The molecule has 0 saturated carbocycles. The summed E-state index contributed by atoms with van der Waals surface area (Å²) in [6.07, 6.45) is 0. The number of Topliss-reactive ketones (excluding diaryl/α,β-unsaturated/α-hetero) is 1. The van der Waals surface area contributed by atoms with Gasteiger partial charge >= 0.3 is 0 Å². The van der Waals surface area contributed by atoms with Gasteiger partial charge in [0.05, 0.1) is 0 Å². The molecule has 1 atom stereocenters. The summed E-state index contributed by atoms with van der Waals surface area (Å²) >= 11 is 1.60. The van der Waals surface area contributed by atoms with Gasteiger partial charge in [0.2, 0.25) is 0 Å². The molecule has 0 fully saturated rings. The Labute approximate surface area is 88.9 Å². The number of hydrogen-bond acceptors (Lipinski definition) is 3. The lowest BCUT2D eigenvalue weighted by Gasteiger charge is -2.21. The van der Waals surface area contributed by atoms with E-state index >= 15 is 0 Å². The van der Waals surface area contributed by atoms with E-state index in [9.17, 15) is 4.79 Å². The summed E-state index contributed by atoms with van der Waals surface area (Å²) < 4.78 is 0. The van der Waals surface area contributed by atoms with Gasteiger partial charge in [-0.3, -0.25) is 9.69 Å². The predicted octanol–water partition coefficient (Wildman–Crippen LogP) is 2.50. The van der Waals surface area contributed by atoms with Gasteiger partial charge in [0.15, 0.2) is 5.78 Å². The first-order valence-corrected chi connectivity index (χ1v) is 5.31. The van der Waals surface area contributed by atoms with Crippen molar-refractivity contribution < 1.29 is 4.79 Å². The Morgan fingerprint density at radius 3 is 2.57 bits per heavy atom. The Kier molecular flexibility index (Phi) is 3.61. The maximum absolute atomic E-state index is 11.8. The second-order valence-corrected chi connectivity index (χ2v) is 4.51. The molecule has 3 heteroatoms. The van der Waals surface area contributed by atoms with Crippen molar-refractivity contribution in [3.05, 3.63) is 34.5 Å². The third-order valence-corrected chi connectivity index (χ3v) is 2.92. The minimum absolute atomic E-state index is 0.0949. The molecule has 0 aliphatic heterocycles. The zero-order chi connectivity index (χ0) is 10.7. The first-order valence-electron chi connectivity index (χ1n) is 4.43. The Balaban J connectivity index is 2.97. The molecule has 1 rings (SSSR count). The van der Waals surface area contributed by atoms with Crippen LogP contribution < -0.4 is 0 Å². The van der Waals surface area contributed by atoms with Crippen molar-refractivity contribution in [3.8, 4) is 0 Å². The predicted molar refractivity (Wildman–Crippen MR) is 60.6 cm³/mol. The number of likely N-dealkylation sites (N-methyl/N-ethyl adjacent to an activating group) is 1. The van der Waals surface area contributed by atoms with Gasteiger partial charge in [0, 0.05) is 4.88 Å². The largest absolute Gasteiger partial charge is 0.295 e. The molecule has 1 unspecified atom stereocenters. The van der Waals surface area contributed by atoms with Crippen molar-refractivity contribution in [2.24, 2.45) is 0 Å². The maximum Gasteiger partial charge on any atom is 0.180 e. The topological polar surface area (TPSA) is 20.3 Å². The first-order chi connectivity index (χ1) is 6.54. The first kappa shape index (κ1) is 11.1. The Hall–Kier alpha value is -0.930. The zero-order valence-corrected chi connectivity index (χ0v) is 9.60. The Morgan fingerprint density at radius 1 is 1.57 bits per heavy atom. The number of carbonyl (C=O) groups excluding carboxylic acids is 1. The second kappa shape index (κ2) is 4.53.